The Morgan fingerprint density at radius 2 is 2.20 bits per heavy atom. The third-order valence-electron chi connectivity index (χ3n) is 3.73. The predicted molar refractivity (Wildman–Crippen MR) is 80.1 cm³/mol. The third-order valence-corrected chi connectivity index (χ3v) is 3.73. The molecule has 1 aromatic heterocycles. The molecule has 3 rings (SSSR count). The summed E-state index contributed by atoms with van der Waals surface area (Å²) >= 11 is 0. The molecule has 1 atom stereocenters. The second-order valence-corrected chi connectivity index (χ2v) is 5.25. The summed E-state index contributed by atoms with van der Waals surface area (Å²) in [5.41, 5.74) is 1.25. The molecule has 0 saturated carbocycles. The van der Waals surface area contributed by atoms with E-state index in [0.717, 1.165) is 31.2 Å². The van der Waals surface area contributed by atoms with Crippen LogP contribution < -0.4 is 0 Å². The maximum absolute atomic E-state index is 4.48. The molecular formula is C16H20N4. The van der Waals surface area contributed by atoms with Gasteiger partial charge in [0.05, 0.1) is 6.04 Å². The highest BCUT2D eigenvalue weighted by molar-refractivity contribution is 5.48. The van der Waals surface area contributed by atoms with Gasteiger partial charge in [0.15, 0.2) is 5.82 Å². The Kier molecular flexibility index (Phi) is 3.92. The molecule has 1 unspecified atom stereocenters. The lowest BCUT2D eigenvalue weighted by Crippen LogP contribution is -2.24. The van der Waals surface area contributed by atoms with Gasteiger partial charge in [0, 0.05) is 6.54 Å². The molecule has 2 heterocycles. The maximum atomic E-state index is 4.48. The second-order valence-electron chi connectivity index (χ2n) is 5.25. The first kappa shape index (κ1) is 13.1. The van der Waals surface area contributed by atoms with Gasteiger partial charge in [0.25, 0.3) is 0 Å². The zero-order chi connectivity index (χ0) is 13.8. The SMILES string of the molecule is Cc1nc(C2CCCN2C/C=C/c2ccccc2)n[nH]1. The Hall–Kier alpha value is -1.94. The number of rotatable bonds is 4. The average molecular weight is 268 g/mol. The highest BCUT2D eigenvalue weighted by Crippen LogP contribution is 2.29. The lowest BCUT2D eigenvalue weighted by atomic mass is 10.2. The fraction of sp³-hybridized carbons (Fsp3) is 0.375. The van der Waals surface area contributed by atoms with Crippen LogP contribution in [0.15, 0.2) is 36.4 Å². The van der Waals surface area contributed by atoms with Crippen molar-refractivity contribution in [3.63, 3.8) is 0 Å². The van der Waals surface area contributed by atoms with Crippen LogP contribution in [0.2, 0.25) is 0 Å². The number of hydrogen-bond donors (Lipinski definition) is 1. The number of H-pyrrole nitrogens is 1. The van der Waals surface area contributed by atoms with Crippen LogP contribution >= 0.6 is 0 Å². The van der Waals surface area contributed by atoms with Gasteiger partial charge in [-0.1, -0.05) is 42.5 Å². The topological polar surface area (TPSA) is 44.8 Å². The van der Waals surface area contributed by atoms with E-state index < -0.39 is 0 Å². The molecule has 0 spiro atoms. The summed E-state index contributed by atoms with van der Waals surface area (Å²) < 4.78 is 0. The minimum atomic E-state index is 0.361. The van der Waals surface area contributed by atoms with Gasteiger partial charge in [-0.25, -0.2) is 4.98 Å². The predicted octanol–water partition coefficient (Wildman–Crippen LogP) is 2.96. The summed E-state index contributed by atoms with van der Waals surface area (Å²) in [5, 5.41) is 7.25. The fourth-order valence-electron chi connectivity index (χ4n) is 2.73. The molecule has 0 aliphatic carbocycles. The van der Waals surface area contributed by atoms with Crippen molar-refractivity contribution in [1.29, 1.82) is 0 Å². The van der Waals surface area contributed by atoms with Crippen LogP contribution in [-0.4, -0.2) is 33.2 Å². The molecule has 4 heteroatoms. The van der Waals surface area contributed by atoms with Crippen LogP contribution in [-0.2, 0) is 0 Å². The van der Waals surface area contributed by atoms with Crippen molar-refractivity contribution in [1.82, 2.24) is 20.1 Å². The summed E-state index contributed by atoms with van der Waals surface area (Å²) in [4.78, 5) is 6.92. The van der Waals surface area contributed by atoms with E-state index in [4.69, 9.17) is 0 Å². The normalized spacial score (nSPS) is 19.9. The molecule has 1 fully saturated rings. The second kappa shape index (κ2) is 6.01. The number of nitrogens with zero attached hydrogens (tertiary/aromatic N) is 3. The van der Waals surface area contributed by atoms with Crippen LogP contribution in [0.1, 0.15) is 36.1 Å². The minimum absolute atomic E-state index is 0.361. The number of benzene rings is 1. The summed E-state index contributed by atoms with van der Waals surface area (Å²) in [6, 6.07) is 10.8. The van der Waals surface area contributed by atoms with Crippen molar-refractivity contribution < 1.29 is 0 Å². The number of nitrogens with one attached hydrogen (secondary N) is 1. The number of aryl methyl sites for hydroxylation is 1. The van der Waals surface area contributed by atoms with Crippen LogP contribution in [0.25, 0.3) is 6.08 Å². The summed E-state index contributed by atoms with van der Waals surface area (Å²) in [6.07, 6.45) is 6.78. The number of aromatic amines is 1. The standard InChI is InChI=1S/C16H20N4/c1-13-17-16(19-18-13)15-10-6-12-20(15)11-5-9-14-7-3-2-4-8-14/h2-5,7-9,15H,6,10-12H2,1H3,(H,17,18,19)/b9-5+. The maximum Gasteiger partial charge on any atom is 0.167 e. The Balaban J connectivity index is 1.63. The average Bonchev–Trinajstić information content (AvgIpc) is 3.09. The van der Waals surface area contributed by atoms with Gasteiger partial charge >= 0.3 is 0 Å². The molecule has 0 amide bonds. The van der Waals surface area contributed by atoms with E-state index in [-0.39, 0.29) is 0 Å². The first-order chi connectivity index (χ1) is 9.83. The first-order valence-electron chi connectivity index (χ1n) is 7.17. The van der Waals surface area contributed by atoms with Crippen molar-refractivity contribution in [3.8, 4) is 0 Å². The molecule has 4 nitrogen and oxygen atoms in total. The van der Waals surface area contributed by atoms with Crippen LogP contribution in [0.3, 0.4) is 0 Å². The van der Waals surface area contributed by atoms with Gasteiger partial charge in [-0.2, -0.15) is 5.10 Å². The lowest BCUT2D eigenvalue weighted by Gasteiger charge is -2.20. The Labute approximate surface area is 119 Å². The van der Waals surface area contributed by atoms with Gasteiger partial charge in [0.2, 0.25) is 0 Å². The minimum Gasteiger partial charge on any atom is -0.290 e. The molecule has 20 heavy (non-hydrogen) atoms. The third kappa shape index (κ3) is 2.96. The van der Waals surface area contributed by atoms with Crippen LogP contribution in [0.4, 0.5) is 0 Å². The van der Waals surface area contributed by atoms with Crippen molar-refractivity contribution >= 4 is 6.08 Å². The Morgan fingerprint density at radius 1 is 1.35 bits per heavy atom. The molecule has 0 radical (unpaired) electrons. The number of likely N-dealkylation sites (tertiary alicyclic amines) is 1. The smallest absolute Gasteiger partial charge is 0.167 e. The Morgan fingerprint density at radius 3 is 2.95 bits per heavy atom. The molecular weight excluding hydrogens is 248 g/mol. The number of aromatic nitrogens is 3. The Bertz CT molecular complexity index is 573. The van der Waals surface area contributed by atoms with E-state index in [2.05, 4.69) is 56.5 Å². The molecule has 1 aliphatic heterocycles. The van der Waals surface area contributed by atoms with Gasteiger partial charge in [-0.05, 0) is 31.9 Å². The molecule has 1 aliphatic rings. The quantitative estimate of drug-likeness (QED) is 0.927. The van der Waals surface area contributed by atoms with E-state index in [1.165, 1.54) is 12.0 Å². The molecule has 1 N–H and O–H groups in total. The van der Waals surface area contributed by atoms with Crippen molar-refractivity contribution in [3.05, 3.63) is 53.6 Å². The fourth-order valence-corrected chi connectivity index (χ4v) is 2.73. The van der Waals surface area contributed by atoms with Crippen molar-refractivity contribution in [2.45, 2.75) is 25.8 Å². The van der Waals surface area contributed by atoms with E-state index in [1.807, 2.05) is 13.0 Å². The van der Waals surface area contributed by atoms with Gasteiger partial charge < -0.3 is 0 Å². The lowest BCUT2D eigenvalue weighted by molar-refractivity contribution is 0.276. The molecule has 2 aromatic rings. The molecule has 1 saturated heterocycles. The zero-order valence-electron chi connectivity index (χ0n) is 11.8. The molecule has 1 aromatic carbocycles. The first-order valence-corrected chi connectivity index (χ1v) is 7.17. The highest BCUT2D eigenvalue weighted by atomic mass is 15.3. The van der Waals surface area contributed by atoms with Crippen LogP contribution in [0, 0.1) is 6.92 Å². The van der Waals surface area contributed by atoms with Gasteiger partial charge in [-0.3, -0.25) is 10.00 Å². The van der Waals surface area contributed by atoms with Crippen molar-refractivity contribution in [2.24, 2.45) is 0 Å². The molecule has 0 bridgehead atoms. The largest absolute Gasteiger partial charge is 0.290 e. The van der Waals surface area contributed by atoms with E-state index >= 15 is 0 Å². The van der Waals surface area contributed by atoms with E-state index in [0.29, 0.717) is 6.04 Å². The summed E-state index contributed by atoms with van der Waals surface area (Å²) in [7, 11) is 0. The van der Waals surface area contributed by atoms with E-state index in [9.17, 15) is 0 Å². The summed E-state index contributed by atoms with van der Waals surface area (Å²) in [6.45, 7) is 4.02. The monoisotopic (exact) mass is 268 g/mol. The van der Waals surface area contributed by atoms with Crippen LogP contribution in [0.5, 0.6) is 0 Å². The van der Waals surface area contributed by atoms with Crippen molar-refractivity contribution in [2.75, 3.05) is 13.1 Å². The zero-order valence-corrected chi connectivity index (χ0v) is 11.8. The van der Waals surface area contributed by atoms with Gasteiger partial charge in [-0.15, -0.1) is 0 Å². The number of hydrogen-bond acceptors (Lipinski definition) is 3. The van der Waals surface area contributed by atoms with E-state index in [1.54, 1.807) is 0 Å². The highest BCUT2D eigenvalue weighted by Gasteiger charge is 2.27. The summed E-state index contributed by atoms with van der Waals surface area (Å²) in [5.74, 6) is 1.83. The molecule has 104 valence electrons. The van der Waals surface area contributed by atoms with Gasteiger partial charge in [0.1, 0.15) is 5.82 Å².